The van der Waals surface area contributed by atoms with Gasteiger partial charge in [-0.3, -0.25) is 0 Å². The lowest BCUT2D eigenvalue weighted by Gasteiger charge is -2.09. The molecule has 0 saturated heterocycles. The molecule has 0 saturated carbocycles. The third kappa shape index (κ3) is 3.17. The minimum atomic E-state index is 0.744. The Balaban J connectivity index is 1.96. The van der Waals surface area contributed by atoms with E-state index in [2.05, 4.69) is 41.2 Å². The lowest BCUT2D eigenvalue weighted by Crippen LogP contribution is -2.07. The largest absolute Gasteiger partial charge is 0.381 e. The number of anilines is 1. The van der Waals surface area contributed by atoms with Crippen LogP contribution in [0.2, 0.25) is 0 Å². The predicted molar refractivity (Wildman–Crippen MR) is 89.9 cm³/mol. The molecule has 1 aliphatic heterocycles. The summed E-state index contributed by atoms with van der Waals surface area (Å²) in [5.74, 6) is 1.17. The van der Waals surface area contributed by atoms with Gasteiger partial charge in [0, 0.05) is 25.1 Å². The van der Waals surface area contributed by atoms with Crippen molar-refractivity contribution in [2.24, 2.45) is 0 Å². The fourth-order valence-corrected chi connectivity index (χ4v) is 2.96. The number of aryl methyl sites for hydroxylation is 1. The molecule has 0 bridgehead atoms. The smallest absolute Gasteiger partial charge is 0.133 e. The van der Waals surface area contributed by atoms with E-state index in [0.29, 0.717) is 0 Å². The second kappa shape index (κ2) is 6.97. The standard InChI is InChI=1S/C18H25N3O/c1-3-22-13-11-17-16-6-4-5-12-19-18(16)21(20-17)15-9-7-14(2)8-10-15/h7-10,19H,3-6,11-13H2,1-2H3. The maximum atomic E-state index is 5.52. The number of fused-ring (bicyclic) bond motifs is 1. The lowest BCUT2D eigenvalue weighted by molar-refractivity contribution is 0.150. The number of benzene rings is 1. The minimum absolute atomic E-state index is 0.744. The second-order valence-electron chi connectivity index (χ2n) is 5.85. The van der Waals surface area contributed by atoms with Crippen molar-refractivity contribution in [3.05, 3.63) is 41.1 Å². The van der Waals surface area contributed by atoms with Gasteiger partial charge in [-0.2, -0.15) is 5.10 Å². The molecule has 1 aromatic carbocycles. The molecular formula is C18H25N3O. The number of rotatable bonds is 5. The number of nitrogens with zero attached hydrogens (tertiary/aromatic N) is 2. The lowest BCUT2D eigenvalue weighted by atomic mass is 10.1. The average molecular weight is 299 g/mol. The normalized spacial score (nSPS) is 14.3. The summed E-state index contributed by atoms with van der Waals surface area (Å²) in [5.41, 5.74) is 4.95. The summed E-state index contributed by atoms with van der Waals surface area (Å²) in [4.78, 5) is 0. The summed E-state index contributed by atoms with van der Waals surface area (Å²) in [5, 5.41) is 8.46. The van der Waals surface area contributed by atoms with Crippen molar-refractivity contribution in [1.82, 2.24) is 9.78 Å². The molecule has 3 rings (SSSR count). The number of hydrogen-bond donors (Lipinski definition) is 1. The molecule has 0 unspecified atom stereocenters. The molecule has 1 aliphatic rings. The van der Waals surface area contributed by atoms with Crippen LogP contribution >= 0.6 is 0 Å². The molecule has 1 N–H and O–H groups in total. The predicted octanol–water partition coefficient (Wildman–Crippen LogP) is 3.51. The summed E-state index contributed by atoms with van der Waals surface area (Å²) in [7, 11) is 0. The van der Waals surface area contributed by atoms with E-state index < -0.39 is 0 Å². The van der Waals surface area contributed by atoms with Gasteiger partial charge >= 0.3 is 0 Å². The molecule has 2 aromatic rings. The Morgan fingerprint density at radius 2 is 2.05 bits per heavy atom. The molecular weight excluding hydrogens is 274 g/mol. The van der Waals surface area contributed by atoms with Crippen molar-refractivity contribution >= 4 is 5.82 Å². The van der Waals surface area contributed by atoms with Gasteiger partial charge in [-0.05, 0) is 45.2 Å². The van der Waals surface area contributed by atoms with Crippen molar-refractivity contribution in [2.45, 2.75) is 39.5 Å². The third-order valence-corrected chi connectivity index (χ3v) is 4.18. The molecule has 0 aliphatic carbocycles. The van der Waals surface area contributed by atoms with E-state index in [1.54, 1.807) is 0 Å². The third-order valence-electron chi connectivity index (χ3n) is 4.18. The van der Waals surface area contributed by atoms with Crippen LogP contribution in [0.5, 0.6) is 0 Å². The Labute approximate surface area is 132 Å². The quantitative estimate of drug-likeness (QED) is 0.859. The van der Waals surface area contributed by atoms with Crippen LogP contribution in [0, 0.1) is 6.92 Å². The van der Waals surface area contributed by atoms with Crippen molar-refractivity contribution in [1.29, 1.82) is 0 Å². The molecule has 0 radical (unpaired) electrons. The van der Waals surface area contributed by atoms with Crippen LogP contribution in [0.25, 0.3) is 5.69 Å². The minimum Gasteiger partial charge on any atom is -0.381 e. The zero-order chi connectivity index (χ0) is 15.4. The van der Waals surface area contributed by atoms with E-state index >= 15 is 0 Å². The van der Waals surface area contributed by atoms with Crippen molar-refractivity contribution in [3.8, 4) is 5.69 Å². The van der Waals surface area contributed by atoms with Crippen LogP contribution in [0.3, 0.4) is 0 Å². The van der Waals surface area contributed by atoms with Crippen LogP contribution in [-0.4, -0.2) is 29.5 Å². The fraction of sp³-hybridized carbons (Fsp3) is 0.500. The van der Waals surface area contributed by atoms with Gasteiger partial charge < -0.3 is 10.1 Å². The Morgan fingerprint density at radius 1 is 1.23 bits per heavy atom. The Morgan fingerprint density at radius 3 is 2.82 bits per heavy atom. The van der Waals surface area contributed by atoms with Crippen molar-refractivity contribution < 1.29 is 4.74 Å². The molecule has 1 aromatic heterocycles. The van der Waals surface area contributed by atoms with Gasteiger partial charge in [0.25, 0.3) is 0 Å². The summed E-state index contributed by atoms with van der Waals surface area (Å²) in [6.07, 6.45) is 4.43. The molecule has 0 atom stereocenters. The van der Waals surface area contributed by atoms with E-state index in [1.165, 1.54) is 35.5 Å². The van der Waals surface area contributed by atoms with Gasteiger partial charge in [0.15, 0.2) is 0 Å². The zero-order valence-electron chi connectivity index (χ0n) is 13.6. The second-order valence-corrected chi connectivity index (χ2v) is 5.85. The zero-order valence-corrected chi connectivity index (χ0v) is 13.6. The highest BCUT2D eigenvalue weighted by molar-refractivity contribution is 5.54. The van der Waals surface area contributed by atoms with Gasteiger partial charge in [0.05, 0.1) is 18.0 Å². The SMILES string of the molecule is CCOCCc1nn(-c2ccc(C)cc2)c2c1CCCCN2. The van der Waals surface area contributed by atoms with Gasteiger partial charge in [-0.25, -0.2) is 4.68 Å². The first kappa shape index (κ1) is 15.1. The van der Waals surface area contributed by atoms with Crippen molar-refractivity contribution in [3.63, 3.8) is 0 Å². The number of nitrogens with one attached hydrogen (secondary N) is 1. The molecule has 118 valence electrons. The Bertz CT molecular complexity index is 616. The summed E-state index contributed by atoms with van der Waals surface area (Å²) >= 11 is 0. The maximum absolute atomic E-state index is 5.52. The van der Waals surface area contributed by atoms with Crippen LogP contribution in [0.1, 0.15) is 36.6 Å². The summed E-state index contributed by atoms with van der Waals surface area (Å²) in [6, 6.07) is 8.56. The van der Waals surface area contributed by atoms with E-state index in [0.717, 1.165) is 38.3 Å². The molecule has 0 fully saturated rings. The van der Waals surface area contributed by atoms with Crippen LogP contribution < -0.4 is 5.32 Å². The van der Waals surface area contributed by atoms with E-state index in [-0.39, 0.29) is 0 Å². The van der Waals surface area contributed by atoms with Gasteiger partial charge in [0.1, 0.15) is 5.82 Å². The summed E-state index contributed by atoms with van der Waals surface area (Å²) < 4.78 is 7.59. The molecule has 0 spiro atoms. The molecule has 2 heterocycles. The summed E-state index contributed by atoms with van der Waals surface area (Å²) in [6.45, 7) is 6.68. The Kier molecular flexibility index (Phi) is 4.78. The van der Waals surface area contributed by atoms with Crippen LogP contribution in [0.15, 0.2) is 24.3 Å². The topological polar surface area (TPSA) is 39.1 Å². The molecule has 4 nitrogen and oxygen atoms in total. The monoisotopic (exact) mass is 299 g/mol. The van der Waals surface area contributed by atoms with Crippen LogP contribution in [-0.2, 0) is 17.6 Å². The average Bonchev–Trinajstić information content (AvgIpc) is 2.71. The first-order valence-corrected chi connectivity index (χ1v) is 8.29. The molecule has 0 amide bonds. The highest BCUT2D eigenvalue weighted by Crippen LogP contribution is 2.28. The highest BCUT2D eigenvalue weighted by Gasteiger charge is 2.20. The number of hydrogen-bond acceptors (Lipinski definition) is 3. The first-order valence-electron chi connectivity index (χ1n) is 8.29. The van der Waals surface area contributed by atoms with Gasteiger partial charge in [-0.1, -0.05) is 17.7 Å². The van der Waals surface area contributed by atoms with E-state index in [1.807, 2.05) is 6.92 Å². The highest BCUT2D eigenvalue weighted by atomic mass is 16.5. The van der Waals surface area contributed by atoms with E-state index in [9.17, 15) is 0 Å². The fourth-order valence-electron chi connectivity index (χ4n) is 2.96. The van der Waals surface area contributed by atoms with Gasteiger partial charge in [-0.15, -0.1) is 0 Å². The van der Waals surface area contributed by atoms with Crippen molar-refractivity contribution in [2.75, 3.05) is 25.1 Å². The first-order chi connectivity index (χ1) is 10.8. The Hall–Kier alpha value is -1.81. The van der Waals surface area contributed by atoms with E-state index in [4.69, 9.17) is 9.84 Å². The molecule has 4 heteroatoms. The number of aromatic nitrogens is 2. The number of ether oxygens (including phenoxy) is 1. The maximum Gasteiger partial charge on any atom is 0.133 e. The molecule has 22 heavy (non-hydrogen) atoms. The van der Waals surface area contributed by atoms with Gasteiger partial charge in [0.2, 0.25) is 0 Å². The van der Waals surface area contributed by atoms with Crippen LogP contribution in [0.4, 0.5) is 5.82 Å².